The predicted molar refractivity (Wildman–Crippen MR) is 113 cm³/mol. The summed E-state index contributed by atoms with van der Waals surface area (Å²) in [7, 11) is -0.264. The van der Waals surface area contributed by atoms with Gasteiger partial charge in [-0.3, -0.25) is 0 Å². The average Bonchev–Trinajstić information content (AvgIpc) is 3.33. The monoisotopic (exact) mass is 458 g/mol. The van der Waals surface area contributed by atoms with Gasteiger partial charge in [-0.25, -0.2) is 12.1 Å². The Hall–Kier alpha value is -1.27. The van der Waals surface area contributed by atoms with Crippen LogP contribution in [-0.4, -0.2) is 0 Å². The third-order valence-electron chi connectivity index (χ3n) is 4.77. The van der Waals surface area contributed by atoms with E-state index < -0.39 is 0 Å². The summed E-state index contributed by atoms with van der Waals surface area (Å²) in [6.45, 7) is 4.24. The molecule has 5 rings (SSSR count). The number of fused-ring (bicyclic) bond motifs is 2. The standard InChI is InChI=1S/C17H12P.C7H9.2ClH.Ti/c1-2-6-14-10-17(9-13(14)5-1)18-11-15-7-3-4-8-16(15)12-18;1-6-4-3-5-7(6)2;;;/h1-12H;3-5H,1-2H3;2*1H;/q2*-1;;;+4/p-2. The molecule has 0 radical (unpaired) electrons. The number of halogens is 2. The van der Waals surface area contributed by atoms with Crippen LogP contribution in [0.2, 0.25) is 0 Å². The number of rotatable bonds is 1. The quantitative estimate of drug-likeness (QED) is 0.265. The summed E-state index contributed by atoms with van der Waals surface area (Å²) < 4.78 is 0. The van der Waals surface area contributed by atoms with Crippen LogP contribution in [0.5, 0.6) is 0 Å². The minimum absolute atomic E-state index is 0. The van der Waals surface area contributed by atoms with Gasteiger partial charge in [-0.15, -0.1) is 42.6 Å². The average molecular weight is 459 g/mol. The van der Waals surface area contributed by atoms with Crippen LogP contribution in [0.15, 0.2) is 90.5 Å². The van der Waals surface area contributed by atoms with E-state index in [4.69, 9.17) is 0 Å². The van der Waals surface area contributed by atoms with Crippen molar-refractivity contribution in [2.24, 2.45) is 0 Å². The summed E-state index contributed by atoms with van der Waals surface area (Å²) in [6.07, 6.45) is 0. The summed E-state index contributed by atoms with van der Waals surface area (Å²) in [4.78, 5) is 0. The maximum atomic E-state index is 2.42. The van der Waals surface area contributed by atoms with Crippen LogP contribution in [0.1, 0.15) is 11.1 Å². The van der Waals surface area contributed by atoms with Gasteiger partial charge >= 0.3 is 21.7 Å². The molecule has 0 aliphatic carbocycles. The first kappa shape index (κ1) is 24.8. The molecule has 0 amide bonds. The molecule has 28 heavy (non-hydrogen) atoms. The molecule has 1 aromatic heterocycles. The number of hydrogen-bond donors (Lipinski definition) is 0. The van der Waals surface area contributed by atoms with Crippen molar-refractivity contribution < 1.29 is 46.5 Å². The first-order chi connectivity index (χ1) is 12.2. The second kappa shape index (κ2) is 11.1. The van der Waals surface area contributed by atoms with E-state index in [1.165, 1.54) is 38.0 Å². The van der Waals surface area contributed by atoms with Gasteiger partial charge in [0.25, 0.3) is 0 Å². The Balaban J connectivity index is 0.000000341. The van der Waals surface area contributed by atoms with E-state index in [0.717, 1.165) is 0 Å². The van der Waals surface area contributed by atoms with Crippen molar-refractivity contribution in [3.63, 3.8) is 0 Å². The molecule has 0 atom stereocenters. The third kappa shape index (κ3) is 5.41. The van der Waals surface area contributed by atoms with Gasteiger partial charge in [0.05, 0.1) is 0 Å². The summed E-state index contributed by atoms with van der Waals surface area (Å²) in [5, 5.41) is 6.94. The molecular formula is C24H21Cl2PTi. The fourth-order valence-corrected chi connectivity index (χ4v) is 5.13. The van der Waals surface area contributed by atoms with Crippen molar-refractivity contribution in [3.8, 4) is 5.30 Å². The van der Waals surface area contributed by atoms with Crippen molar-refractivity contribution in [1.29, 1.82) is 0 Å². The van der Waals surface area contributed by atoms with Crippen LogP contribution < -0.4 is 24.8 Å². The summed E-state index contributed by atoms with van der Waals surface area (Å²) >= 11 is 0. The molecule has 4 aromatic carbocycles. The van der Waals surface area contributed by atoms with E-state index in [2.05, 4.69) is 104 Å². The minimum Gasteiger partial charge on any atom is -1.00 e. The maximum Gasteiger partial charge on any atom is 4.00 e. The molecule has 0 N–H and O–H groups in total. The Kier molecular flexibility index (Phi) is 9.78. The fourth-order valence-electron chi connectivity index (χ4n) is 3.11. The molecule has 4 heteroatoms. The molecule has 0 saturated carbocycles. The molecule has 0 aliphatic rings. The summed E-state index contributed by atoms with van der Waals surface area (Å²) in [6, 6.07) is 28.2. The minimum atomic E-state index is -0.264. The zero-order chi connectivity index (χ0) is 17.2. The molecule has 0 fully saturated rings. The molecule has 0 unspecified atom stereocenters. The van der Waals surface area contributed by atoms with Crippen LogP contribution >= 0.6 is 7.53 Å². The molecule has 140 valence electrons. The van der Waals surface area contributed by atoms with Gasteiger partial charge in [-0.1, -0.05) is 49.5 Å². The largest absolute Gasteiger partial charge is 4.00 e. The zero-order valence-corrected chi connectivity index (χ0v) is 19.8. The van der Waals surface area contributed by atoms with Gasteiger partial charge in [0.15, 0.2) is 0 Å². The van der Waals surface area contributed by atoms with Crippen LogP contribution in [0.3, 0.4) is 0 Å². The van der Waals surface area contributed by atoms with E-state index in [0.29, 0.717) is 0 Å². The van der Waals surface area contributed by atoms with Gasteiger partial charge in [0.1, 0.15) is 0 Å². The molecule has 0 nitrogen and oxygen atoms in total. The zero-order valence-electron chi connectivity index (χ0n) is 15.9. The van der Waals surface area contributed by atoms with E-state index in [-0.39, 0.29) is 54.1 Å². The number of aryl methyl sites for hydroxylation is 2. The summed E-state index contributed by atoms with van der Waals surface area (Å²) in [5.41, 5.74) is 2.78. The second-order valence-electron chi connectivity index (χ2n) is 6.53. The predicted octanol–water partition coefficient (Wildman–Crippen LogP) is 1.72. The second-order valence-corrected chi connectivity index (χ2v) is 8.38. The topological polar surface area (TPSA) is 0 Å². The van der Waals surface area contributed by atoms with Crippen LogP contribution in [-0.2, 0) is 21.7 Å². The van der Waals surface area contributed by atoms with Gasteiger partial charge in [-0.2, -0.15) is 23.3 Å². The van der Waals surface area contributed by atoms with Crippen molar-refractivity contribution in [1.82, 2.24) is 0 Å². The van der Waals surface area contributed by atoms with Crippen molar-refractivity contribution in [2.75, 3.05) is 0 Å². The van der Waals surface area contributed by atoms with Crippen LogP contribution in [0.25, 0.3) is 26.8 Å². The Morgan fingerprint density at radius 3 is 1.82 bits per heavy atom. The molecule has 0 saturated heterocycles. The van der Waals surface area contributed by atoms with E-state index in [1.807, 2.05) is 0 Å². The molecular weight excluding hydrogens is 438 g/mol. The smallest absolute Gasteiger partial charge is 1.00 e. The van der Waals surface area contributed by atoms with Crippen molar-refractivity contribution in [2.45, 2.75) is 13.8 Å². The van der Waals surface area contributed by atoms with E-state index >= 15 is 0 Å². The molecule has 5 aromatic rings. The Morgan fingerprint density at radius 1 is 0.786 bits per heavy atom. The molecule has 0 aliphatic heterocycles. The Morgan fingerprint density at radius 2 is 1.36 bits per heavy atom. The molecule has 0 bridgehead atoms. The van der Waals surface area contributed by atoms with Crippen LogP contribution in [0.4, 0.5) is 0 Å². The molecule has 1 heterocycles. The number of hydrogen-bond acceptors (Lipinski definition) is 0. The van der Waals surface area contributed by atoms with Crippen molar-refractivity contribution >= 4 is 29.1 Å². The van der Waals surface area contributed by atoms with E-state index in [9.17, 15) is 0 Å². The maximum absolute atomic E-state index is 2.42. The summed E-state index contributed by atoms with van der Waals surface area (Å²) in [5.74, 6) is 4.83. The first-order valence-corrected chi connectivity index (χ1v) is 10.1. The van der Waals surface area contributed by atoms with Gasteiger partial charge in [0, 0.05) is 0 Å². The van der Waals surface area contributed by atoms with Crippen LogP contribution in [0, 0.1) is 13.8 Å². The SMILES string of the molecule is Cc1ccc[c-]1C.[Cl-].[Cl-].[Ti+4].c1ccc2cp(-c3cc4ccccc4[cH-]3)cc2c1. The Bertz CT molecular complexity index is 979. The fraction of sp³-hybridized carbons (Fsp3) is 0.0833. The normalized spacial score (nSPS) is 9.64. The van der Waals surface area contributed by atoms with Gasteiger partial charge in [-0.05, 0) is 22.4 Å². The third-order valence-corrected chi connectivity index (χ3v) is 6.73. The van der Waals surface area contributed by atoms with Gasteiger partial charge in [0.2, 0.25) is 0 Å². The van der Waals surface area contributed by atoms with E-state index in [1.54, 1.807) is 0 Å². The Labute approximate surface area is 195 Å². The first-order valence-electron chi connectivity index (χ1n) is 8.62. The van der Waals surface area contributed by atoms with Gasteiger partial charge < -0.3 is 24.8 Å². The molecule has 0 spiro atoms. The van der Waals surface area contributed by atoms with Crippen molar-refractivity contribution in [3.05, 3.63) is 102 Å². The number of benzene rings is 2.